The topological polar surface area (TPSA) is 34.4 Å². The van der Waals surface area contributed by atoms with E-state index >= 15 is 0 Å². The first-order valence-corrected chi connectivity index (χ1v) is 7.50. The summed E-state index contributed by atoms with van der Waals surface area (Å²) in [6.45, 7) is 0. The summed E-state index contributed by atoms with van der Waals surface area (Å²) in [6.07, 6.45) is 5.94. The minimum atomic E-state index is -0.138. The van der Waals surface area contributed by atoms with Crippen molar-refractivity contribution >= 4 is 11.0 Å². The van der Waals surface area contributed by atoms with E-state index in [0.717, 1.165) is 29.6 Å². The molecule has 1 aliphatic carbocycles. The second-order valence-corrected chi connectivity index (χ2v) is 5.74. The summed E-state index contributed by atoms with van der Waals surface area (Å²) in [5, 5.41) is 4.58. The van der Waals surface area contributed by atoms with E-state index in [1.807, 2.05) is 32.4 Å². The molecule has 1 aromatic carbocycles. The largest absolute Gasteiger partial charge is 0.459 e. The van der Waals surface area contributed by atoms with Crippen LogP contribution < -0.4 is 5.32 Å². The molecule has 20 heavy (non-hydrogen) atoms. The summed E-state index contributed by atoms with van der Waals surface area (Å²) in [7, 11) is 3.82. The second-order valence-electron chi connectivity index (χ2n) is 5.74. The molecule has 0 aliphatic heterocycles. The van der Waals surface area contributed by atoms with Gasteiger partial charge in [-0.1, -0.05) is 37.5 Å². The van der Waals surface area contributed by atoms with Gasteiger partial charge in [0.05, 0.1) is 11.6 Å². The summed E-state index contributed by atoms with van der Waals surface area (Å²) in [5.74, 6) is 0.984. The minimum Gasteiger partial charge on any atom is -0.459 e. The predicted molar refractivity (Wildman–Crippen MR) is 80.8 cm³/mol. The standard InChI is InChI=1S/C17H23NO2/c1-18-16(17(19-2)10-6-3-7-11-17)15-12-13-8-4-5-9-14(13)20-15/h4-5,8-9,12,16,18H,3,6-7,10-11H2,1-2H3. The first-order valence-electron chi connectivity index (χ1n) is 7.50. The molecule has 1 saturated carbocycles. The summed E-state index contributed by atoms with van der Waals surface area (Å²) in [4.78, 5) is 0. The average Bonchev–Trinajstić information content (AvgIpc) is 2.92. The fraction of sp³-hybridized carbons (Fsp3) is 0.529. The molecule has 1 atom stereocenters. The lowest BCUT2D eigenvalue weighted by atomic mass is 9.78. The Kier molecular flexibility index (Phi) is 3.81. The zero-order valence-electron chi connectivity index (χ0n) is 12.3. The van der Waals surface area contributed by atoms with Crippen molar-refractivity contribution in [3.63, 3.8) is 0 Å². The van der Waals surface area contributed by atoms with E-state index in [1.54, 1.807) is 0 Å². The molecule has 3 nitrogen and oxygen atoms in total. The van der Waals surface area contributed by atoms with E-state index in [9.17, 15) is 0 Å². The second kappa shape index (κ2) is 5.58. The van der Waals surface area contributed by atoms with E-state index in [-0.39, 0.29) is 11.6 Å². The number of hydrogen-bond donors (Lipinski definition) is 1. The number of rotatable bonds is 4. The lowest BCUT2D eigenvalue weighted by Crippen LogP contribution is -2.45. The van der Waals surface area contributed by atoms with Crippen LogP contribution in [0.1, 0.15) is 43.9 Å². The Balaban J connectivity index is 1.99. The molecule has 3 rings (SSSR count). The highest BCUT2D eigenvalue weighted by Crippen LogP contribution is 2.42. The molecule has 0 amide bonds. The fourth-order valence-electron chi connectivity index (χ4n) is 3.57. The normalized spacial score (nSPS) is 20.1. The van der Waals surface area contributed by atoms with Crippen molar-refractivity contribution in [1.82, 2.24) is 5.32 Å². The van der Waals surface area contributed by atoms with Crippen LogP contribution in [0.5, 0.6) is 0 Å². The minimum absolute atomic E-state index is 0.111. The molecule has 0 bridgehead atoms. The van der Waals surface area contributed by atoms with Gasteiger partial charge in [-0.25, -0.2) is 0 Å². The van der Waals surface area contributed by atoms with Crippen LogP contribution in [0, 0.1) is 0 Å². The van der Waals surface area contributed by atoms with Crippen LogP contribution in [0.4, 0.5) is 0 Å². The van der Waals surface area contributed by atoms with Crippen LogP contribution >= 0.6 is 0 Å². The quantitative estimate of drug-likeness (QED) is 0.912. The number of ether oxygens (including phenoxy) is 1. The first-order chi connectivity index (χ1) is 9.79. The molecule has 1 aromatic heterocycles. The lowest BCUT2D eigenvalue weighted by molar-refractivity contribution is -0.0713. The number of likely N-dealkylation sites (N-methyl/N-ethyl adjacent to an activating group) is 1. The Morgan fingerprint density at radius 3 is 2.60 bits per heavy atom. The number of hydrogen-bond acceptors (Lipinski definition) is 3. The number of furan rings is 1. The monoisotopic (exact) mass is 273 g/mol. The van der Waals surface area contributed by atoms with E-state index in [2.05, 4.69) is 17.4 Å². The molecule has 1 aliphatic rings. The number of para-hydroxylation sites is 1. The summed E-state index contributed by atoms with van der Waals surface area (Å²) < 4.78 is 12.0. The molecular weight excluding hydrogens is 250 g/mol. The maximum absolute atomic E-state index is 6.06. The molecule has 1 N–H and O–H groups in total. The van der Waals surface area contributed by atoms with Crippen LogP contribution in [0.25, 0.3) is 11.0 Å². The molecule has 2 aromatic rings. The summed E-state index contributed by atoms with van der Waals surface area (Å²) >= 11 is 0. The van der Waals surface area contributed by atoms with Gasteiger partial charge in [0.1, 0.15) is 11.3 Å². The lowest BCUT2D eigenvalue weighted by Gasteiger charge is -2.41. The summed E-state index contributed by atoms with van der Waals surface area (Å²) in [6, 6.07) is 10.4. The van der Waals surface area contributed by atoms with E-state index in [1.165, 1.54) is 19.3 Å². The molecule has 0 spiro atoms. The highest BCUT2D eigenvalue weighted by molar-refractivity contribution is 5.77. The van der Waals surface area contributed by atoms with Crippen molar-refractivity contribution in [1.29, 1.82) is 0 Å². The zero-order valence-corrected chi connectivity index (χ0v) is 12.3. The van der Waals surface area contributed by atoms with Gasteiger partial charge in [0.25, 0.3) is 0 Å². The third-order valence-corrected chi connectivity index (χ3v) is 4.65. The van der Waals surface area contributed by atoms with E-state index < -0.39 is 0 Å². The third kappa shape index (κ3) is 2.25. The van der Waals surface area contributed by atoms with E-state index in [0.29, 0.717) is 0 Å². The van der Waals surface area contributed by atoms with Gasteiger partial charge in [0.15, 0.2) is 0 Å². The highest BCUT2D eigenvalue weighted by Gasteiger charge is 2.41. The molecule has 1 unspecified atom stereocenters. The van der Waals surface area contributed by atoms with Crippen LogP contribution in [0.3, 0.4) is 0 Å². The molecule has 3 heteroatoms. The molecule has 108 valence electrons. The van der Waals surface area contributed by atoms with Gasteiger partial charge in [0, 0.05) is 12.5 Å². The number of methoxy groups -OCH3 is 1. The van der Waals surface area contributed by atoms with Gasteiger partial charge in [-0.3, -0.25) is 0 Å². The van der Waals surface area contributed by atoms with Crippen molar-refractivity contribution in [3.05, 3.63) is 36.1 Å². The molecular formula is C17H23NO2. The number of fused-ring (bicyclic) bond motifs is 1. The van der Waals surface area contributed by atoms with E-state index in [4.69, 9.17) is 9.15 Å². The van der Waals surface area contributed by atoms with Gasteiger partial charge in [-0.15, -0.1) is 0 Å². The van der Waals surface area contributed by atoms with Gasteiger partial charge in [-0.05, 0) is 32.0 Å². The molecule has 0 radical (unpaired) electrons. The van der Waals surface area contributed by atoms with Gasteiger partial charge in [0.2, 0.25) is 0 Å². The maximum atomic E-state index is 6.06. The highest BCUT2D eigenvalue weighted by atomic mass is 16.5. The third-order valence-electron chi connectivity index (χ3n) is 4.65. The average molecular weight is 273 g/mol. The zero-order chi connectivity index (χ0) is 14.0. The Hall–Kier alpha value is -1.32. The smallest absolute Gasteiger partial charge is 0.134 e. The molecule has 1 heterocycles. The molecule has 1 fully saturated rings. The predicted octanol–water partition coefficient (Wildman–Crippen LogP) is 4.04. The Labute approximate surface area is 120 Å². The Bertz CT molecular complexity index is 536. The Morgan fingerprint density at radius 2 is 1.95 bits per heavy atom. The van der Waals surface area contributed by atoms with Crippen LogP contribution in [-0.2, 0) is 4.74 Å². The van der Waals surface area contributed by atoms with Crippen molar-refractivity contribution in [2.45, 2.75) is 43.7 Å². The van der Waals surface area contributed by atoms with Gasteiger partial charge in [-0.2, -0.15) is 0 Å². The number of benzene rings is 1. The number of nitrogens with one attached hydrogen (secondary N) is 1. The van der Waals surface area contributed by atoms with Crippen LogP contribution in [-0.4, -0.2) is 19.8 Å². The van der Waals surface area contributed by atoms with Crippen LogP contribution in [0.15, 0.2) is 34.7 Å². The SMILES string of the molecule is CNC(c1cc2ccccc2o1)C1(OC)CCCCC1. The summed E-state index contributed by atoms with van der Waals surface area (Å²) in [5.41, 5.74) is 0.811. The van der Waals surface area contributed by atoms with Crippen molar-refractivity contribution in [2.75, 3.05) is 14.2 Å². The van der Waals surface area contributed by atoms with Crippen LogP contribution in [0.2, 0.25) is 0 Å². The maximum Gasteiger partial charge on any atom is 0.134 e. The van der Waals surface area contributed by atoms with Crippen molar-refractivity contribution in [3.8, 4) is 0 Å². The fourth-order valence-corrected chi connectivity index (χ4v) is 3.57. The first kappa shape index (κ1) is 13.7. The molecule has 0 saturated heterocycles. The Morgan fingerprint density at radius 1 is 1.20 bits per heavy atom. The van der Waals surface area contributed by atoms with Gasteiger partial charge >= 0.3 is 0 Å². The van der Waals surface area contributed by atoms with Crippen molar-refractivity contribution < 1.29 is 9.15 Å². The van der Waals surface area contributed by atoms with Crippen molar-refractivity contribution in [2.24, 2.45) is 0 Å². The van der Waals surface area contributed by atoms with Gasteiger partial charge < -0.3 is 14.5 Å².